The van der Waals surface area contributed by atoms with E-state index in [2.05, 4.69) is 19.6 Å². The molecular formula is C14H16O3. The lowest BCUT2D eigenvalue weighted by Crippen LogP contribution is -2.38. The molecule has 3 heteroatoms. The van der Waals surface area contributed by atoms with E-state index in [1.54, 1.807) is 0 Å². The van der Waals surface area contributed by atoms with Gasteiger partial charge < -0.3 is 9.84 Å². The highest BCUT2D eigenvalue weighted by Gasteiger charge is 2.83. The molecule has 6 unspecified atom stereocenters. The number of ketones is 1. The van der Waals surface area contributed by atoms with Crippen LogP contribution in [0.2, 0.25) is 0 Å². The van der Waals surface area contributed by atoms with Gasteiger partial charge in [-0.25, -0.2) is 0 Å². The molecule has 0 amide bonds. The zero-order valence-electron chi connectivity index (χ0n) is 10.1. The van der Waals surface area contributed by atoms with E-state index in [4.69, 9.17) is 4.74 Å². The maximum Gasteiger partial charge on any atom is 0.162 e. The second kappa shape index (κ2) is 2.43. The van der Waals surface area contributed by atoms with Crippen molar-refractivity contribution < 1.29 is 14.6 Å². The number of epoxide rings is 1. The number of carbonyl (C=O) groups excluding carboxylic acids is 1. The fourth-order valence-corrected chi connectivity index (χ4v) is 4.69. The minimum atomic E-state index is -0.588. The highest BCUT2D eigenvalue weighted by atomic mass is 16.6. The predicted molar refractivity (Wildman–Crippen MR) is 61.2 cm³/mol. The lowest BCUT2D eigenvalue weighted by molar-refractivity contribution is -0.121. The van der Waals surface area contributed by atoms with Crippen molar-refractivity contribution in [3.05, 3.63) is 23.8 Å². The number of hydrogen-bond donors (Lipinski definition) is 1. The van der Waals surface area contributed by atoms with Crippen LogP contribution in [0.25, 0.3) is 0 Å². The molecule has 17 heavy (non-hydrogen) atoms. The average Bonchev–Trinajstić information content (AvgIpc) is 2.82. The van der Waals surface area contributed by atoms with Gasteiger partial charge in [0.05, 0.1) is 0 Å². The molecule has 90 valence electrons. The second-order valence-electron chi connectivity index (χ2n) is 6.16. The molecule has 1 saturated heterocycles. The Kier molecular flexibility index (Phi) is 1.43. The van der Waals surface area contributed by atoms with Crippen LogP contribution in [0.1, 0.15) is 20.3 Å². The van der Waals surface area contributed by atoms with Gasteiger partial charge in [-0.2, -0.15) is 0 Å². The Labute approximate surface area is 100 Å². The van der Waals surface area contributed by atoms with Gasteiger partial charge >= 0.3 is 0 Å². The minimum Gasteiger partial charge on any atom is -0.386 e. The molecule has 0 aromatic rings. The number of ether oxygens (including phenoxy) is 1. The molecule has 4 rings (SSSR count). The van der Waals surface area contributed by atoms with Crippen molar-refractivity contribution in [1.29, 1.82) is 0 Å². The topological polar surface area (TPSA) is 49.8 Å². The third-order valence-electron chi connectivity index (χ3n) is 5.65. The Morgan fingerprint density at radius 2 is 2.29 bits per heavy atom. The molecule has 0 aromatic heterocycles. The van der Waals surface area contributed by atoms with E-state index in [1.807, 2.05) is 6.92 Å². The van der Waals surface area contributed by atoms with Gasteiger partial charge in [-0.3, -0.25) is 4.79 Å². The van der Waals surface area contributed by atoms with Gasteiger partial charge in [-0.15, -0.1) is 0 Å². The third kappa shape index (κ3) is 0.763. The van der Waals surface area contributed by atoms with Gasteiger partial charge in [0.15, 0.2) is 5.78 Å². The van der Waals surface area contributed by atoms with Gasteiger partial charge in [-0.05, 0) is 30.4 Å². The summed E-state index contributed by atoms with van der Waals surface area (Å²) in [4.78, 5) is 12.3. The molecule has 4 aliphatic rings. The molecule has 3 fully saturated rings. The molecular weight excluding hydrogens is 216 g/mol. The maximum atomic E-state index is 12.3. The van der Waals surface area contributed by atoms with Crippen molar-refractivity contribution in [3.63, 3.8) is 0 Å². The van der Waals surface area contributed by atoms with Crippen LogP contribution in [0.15, 0.2) is 23.8 Å². The Morgan fingerprint density at radius 3 is 3.00 bits per heavy atom. The van der Waals surface area contributed by atoms with E-state index in [1.165, 1.54) is 0 Å². The fourth-order valence-electron chi connectivity index (χ4n) is 4.69. The van der Waals surface area contributed by atoms with Crippen molar-refractivity contribution in [3.8, 4) is 0 Å². The van der Waals surface area contributed by atoms with Gasteiger partial charge in [0.1, 0.15) is 17.8 Å². The Hall–Kier alpha value is -0.930. The molecule has 6 atom stereocenters. The van der Waals surface area contributed by atoms with Crippen LogP contribution in [0.4, 0.5) is 0 Å². The number of carbonyl (C=O) groups is 1. The summed E-state index contributed by atoms with van der Waals surface area (Å²) in [5.41, 5.74) is 0.999. The zero-order chi connectivity index (χ0) is 12.2. The largest absolute Gasteiger partial charge is 0.386 e. The van der Waals surface area contributed by atoms with Crippen molar-refractivity contribution >= 4 is 5.78 Å². The van der Waals surface area contributed by atoms with Crippen molar-refractivity contribution in [2.75, 3.05) is 0 Å². The smallest absolute Gasteiger partial charge is 0.162 e. The molecule has 0 aromatic carbocycles. The number of Topliss-reactive ketones (excluding diaryl/α,β-unsaturated/α-hetero) is 1. The van der Waals surface area contributed by atoms with Crippen LogP contribution in [0, 0.1) is 17.3 Å². The first-order valence-electron chi connectivity index (χ1n) is 6.21. The van der Waals surface area contributed by atoms with Crippen LogP contribution < -0.4 is 0 Å². The number of hydrogen-bond acceptors (Lipinski definition) is 3. The molecule has 1 aliphatic heterocycles. The Bertz CT molecular complexity index is 506. The number of aliphatic hydroxyl groups is 1. The van der Waals surface area contributed by atoms with E-state index in [0.29, 0.717) is 0 Å². The third-order valence-corrected chi connectivity index (χ3v) is 5.65. The first-order chi connectivity index (χ1) is 7.93. The van der Waals surface area contributed by atoms with Crippen LogP contribution in [0.3, 0.4) is 0 Å². The van der Waals surface area contributed by atoms with E-state index in [9.17, 15) is 9.90 Å². The predicted octanol–water partition coefficient (Wildman–Crippen LogP) is 1.23. The lowest BCUT2D eigenvalue weighted by atomic mass is 9.70. The molecule has 1 N–H and O–H groups in total. The zero-order valence-corrected chi connectivity index (χ0v) is 10.1. The first kappa shape index (κ1) is 10.0. The molecule has 3 nitrogen and oxygen atoms in total. The number of fused-ring (bicyclic) bond motifs is 2. The van der Waals surface area contributed by atoms with Crippen molar-refractivity contribution in [2.24, 2.45) is 17.3 Å². The van der Waals surface area contributed by atoms with Crippen molar-refractivity contribution in [1.82, 2.24) is 0 Å². The average molecular weight is 232 g/mol. The summed E-state index contributed by atoms with van der Waals surface area (Å²) in [6.07, 6.45) is 2.24. The summed E-state index contributed by atoms with van der Waals surface area (Å²) < 4.78 is 5.78. The summed E-state index contributed by atoms with van der Waals surface area (Å²) in [5, 5.41) is 10.1. The lowest BCUT2D eigenvalue weighted by Gasteiger charge is -2.33. The first-order valence-corrected chi connectivity index (χ1v) is 6.21. The maximum absolute atomic E-state index is 12.3. The standard InChI is InChI=1S/C14H16O3/c1-6-4-8-5-14-12(17-14)11(16)7(2)13(14,3)9(8)10(6)15/h4,8-9,11-12,16H,2,5H2,1,3H3. The molecule has 1 spiro atoms. The Balaban J connectivity index is 1.89. The number of aliphatic hydroxyl groups excluding tert-OH is 1. The fraction of sp³-hybridized carbons (Fsp3) is 0.643. The van der Waals surface area contributed by atoms with Gasteiger partial charge in [0, 0.05) is 11.3 Å². The van der Waals surface area contributed by atoms with E-state index in [-0.39, 0.29) is 34.7 Å². The highest BCUT2D eigenvalue weighted by Crippen LogP contribution is 2.75. The summed E-state index contributed by atoms with van der Waals surface area (Å²) in [7, 11) is 0. The summed E-state index contributed by atoms with van der Waals surface area (Å²) in [6.45, 7) is 7.98. The number of rotatable bonds is 0. The SMILES string of the molecule is C=C1C(O)C2OC23CC2C=C(C)C(=O)C2C13C. The normalized spacial score (nSPS) is 58.9. The molecule has 3 aliphatic carbocycles. The van der Waals surface area contributed by atoms with Gasteiger partial charge in [0.2, 0.25) is 0 Å². The van der Waals surface area contributed by atoms with Gasteiger partial charge in [0.25, 0.3) is 0 Å². The minimum absolute atomic E-state index is 0.0582. The quantitative estimate of drug-likeness (QED) is 0.505. The van der Waals surface area contributed by atoms with Crippen LogP contribution in [-0.4, -0.2) is 28.7 Å². The van der Waals surface area contributed by atoms with Gasteiger partial charge in [-0.1, -0.05) is 19.6 Å². The van der Waals surface area contributed by atoms with Crippen LogP contribution in [0.5, 0.6) is 0 Å². The number of allylic oxidation sites excluding steroid dienone is 2. The molecule has 1 heterocycles. The summed E-state index contributed by atoms with van der Waals surface area (Å²) in [5.74, 6) is 0.442. The molecule has 2 saturated carbocycles. The van der Waals surface area contributed by atoms with Crippen LogP contribution >= 0.6 is 0 Å². The van der Waals surface area contributed by atoms with Crippen LogP contribution in [-0.2, 0) is 9.53 Å². The molecule has 0 bridgehead atoms. The highest BCUT2D eigenvalue weighted by molar-refractivity contribution is 6.01. The summed E-state index contributed by atoms with van der Waals surface area (Å²) >= 11 is 0. The van der Waals surface area contributed by atoms with E-state index in [0.717, 1.165) is 17.6 Å². The monoisotopic (exact) mass is 232 g/mol. The Morgan fingerprint density at radius 1 is 1.59 bits per heavy atom. The molecule has 0 radical (unpaired) electrons. The van der Waals surface area contributed by atoms with E-state index >= 15 is 0 Å². The second-order valence-corrected chi connectivity index (χ2v) is 6.16. The van der Waals surface area contributed by atoms with E-state index < -0.39 is 6.10 Å². The summed E-state index contributed by atoms with van der Waals surface area (Å²) in [6, 6.07) is 0. The van der Waals surface area contributed by atoms with Crippen molar-refractivity contribution in [2.45, 2.75) is 38.1 Å².